The van der Waals surface area contributed by atoms with Crippen molar-refractivity contribution in [2.45, 2.75) is 45.2 Å². The van der Waals surface area contributed by atoms with Crippen molar-refractivity contribution in [3.05, 3.63) is 76.8 Å². The number of benzene rings is 1. The summed E-state index contributed by atoms with van der Waals surface area (Å²) in [7, 11) is 2.03. The van der Waals surface area contributed by atoms with Crippen LogP contribution in [0.4, 0.5) is 17.3 Å². The van der Waals surface area contributed by atoms with E-state index >= 15 is 0 Å². The van der Waals surface area contributed by atoms with Gasteiger partial charge in [-0.1, -0.05) is 0 Å². The number of pyridine rings is 1. The number of hydrogen-bond acceptors (Lipinski definition) is 6. The Balaban J connectivity index is 1.09. The van der Waals surface area contributed by atoms with Crippen LogP contribution in [0.3, 0.4) is 0 Å². The summed E-state index contributed by atoms with van der Waals surface area (Å²) in [6, 6.07) is 17.4. The molecule has 1 aliphatic carbocycles. The van der Waals surface area contributed by atoms with Crippen molar-refractivity contribution in [3.8, 4) is 22.6 Å². The smallest absolute Gasteiger partial charge is 0.261 e. The lowest BCUT2D eigenvalue weighted by molar-refractivity contribution is 0.231. The predicted octanol–water partition coefficient (Wildman–Crippen LogP) is 5.54. The van der Waals surface area contributed by atoms with E-state index in [1.807, 2.05) is 36.1 Å². The van der Waals surface area contributed by atoms with Crippen LogP contribution in [0.2, 0.25) is 0 Å². The normalized spacial score (nSPS) is 18.8. The topological polar surface area (TPSA) is 87.0 Å². The van der Waals surface area contributed by atoms with Gasteiger partial charge >= 0.3 is 0 Å². The van der Waals surface area contributed by atoms with Crippen LogP contribution in [-0.2, 0) is 13.6 Å². The van der Waals surface area contributed by atoms with E-state index in [0.717, 1.165) is 66.2 Å². The summed E-state index contributed by atoms with van der Waals surface area (Å²) in [5.74, 6) is 1.02. The summed E-state index contributed by atoms with van der Waals surface area (Å²) < 4.78 is 3.94. The van der Waals surface area contributed by atoms with Crippen LogP contribution < -0.4 is 15.8 Å². The van der Waals surface area contributed by atoms with Gasteiger partial charge in [0.25, 0.3) is 5.56 Å². The minimum Gasteiger partial charge on any atom is -0.369 e. The van der Waals surface area contributed by atoms with Crippen LogP contribution in [0.25, 0.3) is 33.7 Å². The highest BCUT2D eigenvalue weighted by Gasteiger charge is 2.30. The summed E-state index contributed by atoms with van der Waals surface area (Å²) in [5.41, 5.74) is 7.48. The largest absolute Gasteiger partial charge is 0.369 e. The Morgan fingerprint density at radius 3 is 2.70 bits per heavy atom. The van der Waals surface area contributed by atoms with Gasteiger partial charge < -0.3 is 19.8 Å². The van der Waals surface area contributed by atoms with E-state index in [0.29, 0.717) is 35.7 Å². The van der Waals surface area contributed by atoms with Crippen LogP contribution in [0.15, 0.2) is 65.7 Å². The number of H-pyrrole nitrogens is 1. The second-order valence-electron chi connectivity index (χ2n) is 12.6. The first kappa shape index (κ1) is 26.3. The van der Waals surface area contributed by atoms with Crippen LogP contribution in [0, 0.1) is 12.8 Å². The molecular formula is C34H38N8O. The average molecular weight is 575 g/mol. The molecule has 2 saturated heterocycles. The zero-order valence-electron chi connectivity index (χ0n) is 24.9. The summed E-state index contributed by atoms with van der Waals surface area (Å²) in [4.78, 5) is 32.3. The number of nitrogens with one attached hydrogen (secondary N) is 2. The molecule has 9 heteroatoms. The number of aromatic amines is 1. The summed E-state index contributed by atoms with van der Waals surface area (Å²) in [6.45, 7) is 7.31. The van der Waals surface area contributed by atoms with Gasteiger partial charge in [0.15, 0.2) is 0 Å². The third-order valence-electron chi connectivity index (χ3n) is 9.54. The van der Waals surface area contributed by atoms with Crippen LogP contribution in [0.1, 0.15) is 31.2 Å². The first-order valence-electron chi connectivity index (χ1n) is 15.6. The van der Waals surface area contributed by atoms with Gasteiger partial charge in [0.05, 0.1) is 22.6 Å². The second-order valence-corrected chi connectivity index (χ2v) is 12.6. The van der Waals surface area contributed by atoms with Crippen molar-refractivity contribution in [2.75, 3.05) is 36.4 Å². The third-order valence-corrected chi connectivity index (χ3v) is 9.54. The Bertz CT molecular complexity index is 1860. The zero-order valence-corrected chi connectivity index (χ0v) is 24.9. The lowest BCUT2D eigenvalue weighted by Gasteiger charge is -2.38. The SMILES string of the molecule is Cc1cc(-c2cccn2C)[nH]c1-c1cc2cnc(Nc3ccc(N4CCN5CCCC5C4)cc3)nc2n(CC2CC2)c1=O. The number of piperazine rings is 1. The van der Waals surface area contributed by atoms with Gasteiger partial charge in [-0.15, -0.1) is 0 Å². The fourth-order valence-electron chi connectivity index (χ4n) is 6.95. The molecule has 220 valence electrons. The average Bonchev–Trinajstić information content (AvgIpc) is 3.34. The number of nitrogens with zero attached hydrogens (tertiary/aromatic N) is 6. The van der Waals surface area contributed by atoms with Crippen molar-refractivity contribution in [1.29, 1.82) is 0 Å². The first-order valence-corrected chi connectivity index (χ1v) is 15.6. The van der Waals surface area contributed by atoms with Crippen LogP contribution >= 0.6 is 0 Å². The van der Waals surface area contributed by atoms with Crippen molar-refractivity contribution in [1.82, 2.24) is 29.0 Å². The molecule has 6 heterocycles. The van der Waals surface area contributed by atoms with Crippen molar-refractivity contribution in [3.63, 3.8) is 0 Å². The fraction of sp³-hybridized carbons (Fsp3) is 0.382. The summed E-state index contributed by atoms with van der Waals surface area (Å²) in [5, 5.41) is 4.24. The number of aryl methyl sites for hydroxylation is 2. The van der Waals surface area contributed by atoms with E-state index in [-0.39, 0.29) is 5.56 Å². The molecule has 4 aromatic heterocycles. The quantitative estimate of drug-likeness (QED) is 0.266. The molecule has 0 amide bonds. The molecule has 43 heavy (non-hydrogen) atoms. The first-order chi connectivity index (χ1) is 21.0. The molecule has 5 aromatic rings. The van der Waals surface area contributed by atoms with E-state index < -0.39 is 0 Å². The van der Waals surface area contributed by atoms with Gasteiger partial charge in [0, 0.05) is 68.4 Å². The monoisotopic (exact) mass is 574 g/mol. The Kier molecular flexibility index (Phi) is 6.36. The van der Waals surface area contributed by atoms with Crippen LogP contribution in [-0.4, -0.2) is 61.2 Å². The molecule has 9 nitrogen and oxygen atoms in total. The lowest BCUT2D eigenvalue weighted by atomic mass is 10.1. The van der Waals surface area contributed by atoms with E-state index in [2.05, 4.69) is 73.0 Å². The van der Waals surface area contributed by atoms with Gasteiger partial charge in [-0.05, 0) is 99.2 Å². The van der Waals surface area contributed by atoms with E-state index in [4.69, 9.17) is 4.98 Å². The molecule has 2 N–H and O–H groups in total. The Hall–Kier alpha value is -4.37. The molecular weight excluding hydrogens is 536 g/mol. The molecule has 1 saturated carbocycles. The van der Waals surface area contributed by atoms with Gasteiger partial charge in [-0.2, -0.15) is 4.98 Å². The van der Waals surface area contributed by atoms with E-state index in [1.54, 1.807) is 0 Å². The van der Waals surface area contributed by atoms with Crippen LogP contribution in [0.5, 0.6) is 0 Å². The Labute approximate surface area is 251 Å². The highest BCUT2D eigenvalue weighted by atomic mass is 16.1. The molecule has 0 radical (unpaired) electrons. The van der Waals surface area contributed by atoms with Gasteiger partial charge in [0.2, 0.25) is 5.95 Å². The maximum absolute atomic E-state index is 14.0. The zero-order chi connectivity index (χ0) is 29.1. The number of rotatable bonds is 7. The third kappa shape index (κ3) is 4.91. The van der Waals surface area contributed by atoms with Crippen molar-refractivity contribution < 1.29 is 0 Å². The Morgan fingerprint density at radius 1 is 1.05 bits per heavy atom. The van der Waals surface area contributed by atoms with E-state index in [9.17, 15) is 4.79 Å². The standard InChI is InChI=1S/C34H38N8O/c1-22-17-29(30-6-4-13-39(30)2)37-31(22)28-18-24-19-35-34(38-32(24)42(33(28)43)20-23-7-8-23)36-25-9-11-26(12-10-25)41-16-15-40-14-3-5-27(40)21-41/h4,6,9-13,17-19,23,27,37H,3,5,7-8,14-16,20-21H2,1-2H3,(H,35,36,38). The number of aromatic nitrogens is 5. The maximum atomic E-state index is 14.0. The van der Waals surface area contributed by atoms with E-state index in [1.165, 1.54) is 25.1 Å². The number of anilines is 3. The predicted molar refractivity (Wildman–Crippen MR) is 172 cm³/mol. The maximum Gasteiger partial charge on any atom is 0.261 e. The minimum absolute atomic E-state index is 0.0147. The number of fused-ring (bicyclic) bond motifs is 2. The molecule has 8 rings (SSSR count). The van der Waals surface area contributed by atoms with Crippen molar-refractivity contribution >= 4 is 28.4 Å². The second kappa shape index (κ2) is 10.4. The molecule has 3 aliphatic rings. The fourth-order valence-corrected chi connectivity index (χ4v) is 6.95. The molecule has 2 aliphatic heterocycles. The summed E-state index contributed by atoms with van der Waals surface area (Å²) in [6.07, 6.45) is 8.79. The molecule has 1 aromatic carbocycles. The molecule has 0 bridgehead atoms. The summed E-state index contributed by atoms with van der Waals surface area (Å²) >= 11 is 0. The molecule has 1 unspecified atom stereocenters. The Morgan fingerprint density at radius 2 is 1.91 bits per heavy atom. The molecule has 1 atom stereocenters. The van der Waals surface area contributed by atoms with Gasteiger partial charge in [-0.25, -0.2) is 4.98 Å². The molecule has 3 fully saturated rings. The lowest BCUT2D eigenvalue weighted by Crippen LogP contribution is -2.50. The highest BCUT2D eigenvalue weighted by Crippen LogP contribution is 2.33. The number of hydrogen-bond donors (Lipinski definition) is 2. The molecule has 0 spiro atoms. The van der Waals surface area contributed by atoms with Gasteiger partial charge in [-0.3, -0.25) is 14.3 Å². The van der Waals surface area contributed by atoms with Crippen molar-refractivity contribution in [2.24, 2.45) is 13.0 Å². The van der Waals surface area contributed by atoms with Gasteiger partial charge in [0.1, 0.15) is 5.65 Å². The highest BCUT2D eigenvalue weighted by molar-refractivity contribution is 5.82. The minimum atomic E-state index is -0.0147.